The first kappa shape index (κ1) is 4.33. The average Bonchev–Trinajstić information content (AvgIpc) is 1.86. The zero-order chi connectivity index (χ0) is 4.41. The van der Waals surface area contributed by atoms with Crippen molar-refractivity contribution in [3.63, 3.8) is 0 Å². The van der Waals surface area contributed by atoms with Crippen LogP contribution in [0.4, 0.5) is 0 Å². The molecule has 0 bridgehead atoms. The molecule has 0 N–H and O–H groups in total. The summed E-state index contributed by atoms with van der Waals surface area (Å²) in [7, 11) is 0. The molecule has 0 aromatic carbocycles. The number of hydrogen-bond donors (Lipinski definition) is 0. The van der Waals surface area contributed by atoms with Crippen LogP contribution in [0.5, 0.6) is 0 Å². The third-order valence-electron chi connectivity index (χ3n) is 0.713. The van der Waals surface area contributed by atoms with Gasteiger partial charge in [0.2, 0.25) is 0 Å². The van der Waals surface area contributed by atoms with E-state index in [2.05, 4.69) is 24.3 Å². The summed E-state index contributed by atoms with van der Waals surface area (Å²) >= 11 is 1.63. The molecule has 0 amide bonds. The molecule has 0 nitrogen and oxygen atoms in total. The normalized spacial score (nSPS) is 20.0. The average molecular weight is 249 g/mol. The molecule has 0 aromatic rings. The predicted molar refractivity (Wildman–Crippen MR) is 22.0 cm³/mol. The Morgan fingerprint density at radius 3 is 1.83 bits per heavy atom. The van der Waals surface area contributed by atoms with Gasteiger partial charge < -0.3 is 0 Å². The fourth-order valence-electron chi connectivity index (χ4n) is 0.411. The maximum atomic E-state index is 2.20. The molecule has 0 heterocycles. The summed E-state index contributed by atoms with van der Waals surface area (Å²) in [5.41, 5.74) is 0. The van der Waals surface area contributed by atoms with Gasteiger partial charge in [0.25, 0.3) is 0 Å². The monoisotopic (exact) mass is 249 g/mol. The molecule has 6 heavy (non-hydrogen) atoms. The maximum absolute atomic E-state index is 2.20. The molecule has 0 aliphatic heterocycles. The van der Waals surface area contributed by atoms with Crippen molar-refractivity contribution in [3.8, 4) is 0 Å². The van der Waals surface area contributed by atoms with Gasteiger partial charge in [-0.05, 0) is 0 Å². The SMILES string of the molecule is [W][CH]1C=CC=C1. The zero-order valence-electron chi connectivity index (χ0n) is 3.29. The molecule has 1 heteroatoms. The second-order valence-corrected chi connectivity index (χ2v) is 3.19. The van der Waals surface area contributed by atoms with Gasteiger partial charge in [0.1, 0.15) is 0 Å². The first-order valence-electron chi connectivity index (χ1n) is 1.90. The van der Waals surface area contributed by atoms with Crippen LogP contribution in [0.25, 0.3) is 0 Å². The second kappa shape index (κ2) is 1.75. The van der Waals surface area contributed by atoms with E-state index in [0.717, 1.165) is 4.31 Å². The predicted octanol–water partition coefficient (Wildman–Crippen LogP) is 1.45. The fraction of sp³-hybridized carbons (Fsp3) is 0.200. The summed E-state index contributed by atoms with van der Waals surface area (Å²) in [6, 6.07) is 0. The summed E-state index contributed by atoms with van der Waals surface area (Å²) in [6.45, 7) is 0. The van der Waals surface area contributed by atoms with Crippen LogP contribution in [-0.4, -0.2) is 0 Å². The van der Waals surface area contributed by atoms with Crippen LogP contribution in [0.2, 0.25) is 4.31 Å². The van der Waals surface area contributed by atoms with Gasteiger partial charge in [0.15, 0.2) is 0 Å². The minimum absolute atomic E-state index is 0.769. The van der Waals surface area contributed by atoms with E-state index >= 15 is 0 Å². The van der Waals surface area contributed by atoms with Gasteiger partial charge >= 0.3 is 48.4 Å². The van der Waals surface area contributed by atoms with Crippen LogP contribution in [0, 0.1) is 0 Å². The van der Waals surface area contributed by atoms with Crippen LogP contribution in [-0.2, 0) is 19.8 Å². The van der Waals surface area contributed by atoms with Gasteiger partial charge in [-0.1, -0.05) is 0 Å². The summed E-state index contributed by atoms with van der Waals surface area (Å²) in [4.78, 5) is 0. The first-order chi connectivity index (χ1) is 2.89. The minimum atomic E-state index is 0.769. The van der Waals surface area contributed by atoms with Crippen LogP contribution in [0.3, 0.4) is 0 Å². The van der Waals surface area contributed by atoms with Gasteiger partial charge in [-0.15, -0.1) is 0 Å². The second-order valence-electron chi connectivity index (χ2n) is 1.23. The number of rotatable bonds is 0. The molecule has 0 unspecified atom stereocenters. The van der Waals surface area contributed by atoms with E-state index in [4.69, 9.17) is 0 Å². The molecule has 0 aromatic heterocycles. The quantitative estimate of drug-likeness (QED) is 0.609. The molecule has 0 fully saturated rings. The summed E-state index contributed by atoms with van der Waals surface area (Å²) < 4.78 is 0.769. The Hall–Kier alpha value is 0.168. The fourth-order valence-corrected chi connectivity index (χ4v) is 1.06. The summed E-state index contributed by atoms with van der Waals surface area (Å²) in [5.74, 6) is 0. The van der Waals surface area contributed by atoms with Crippen LogP contribution < -0.4 is 0 Å². The van der Waals surface area contributed by atoms with Crippen molar-refractivity contribution in [2.24, 2.45) is 0 Å². The molecule has 31 valence electrons. The van der Waals surface area contributed by atoms with Gasteiger partial charge in [0.05, 0.1) is 0 Å². The van der Waals surface area contributed by atoms with E-state index in [1.807, 2.05) is 0 Å². The zero-order valence-corrected chi connectivity index (χ0v) is 6.23. The third kappa shape index (κ3) is 0.814. The van der Waals surface area contributed by atoms with Crippen molar-refractivity contribution in [1.29, 1.82) is 0 Å². The van der Waals surface area contributed by atoms with E-state index < -0.39 is 0 Å². The van der Waals surface area contributed by atoms with Gasteiger partial charge in [-0.2, -0.15) is 0 Å². The third-order valence-corrected chi connectivity index (χ3v) is 1.84. The van der Waals surface area contributed by atoms with Crippen LogP contribution in [0.15, 0.2) is 24.3 Å². The Kier molecular flexibility index (Phi) is 1.26. The van der Waals surface area contributed by atoms with Gasteiger partial charge in [0, 0.05) is 0 Å². The van der Waals surface area contributed by atoms with E-state index in [9.17, 15) is 0 Å². The van der Waals surface area contributed by atoms with E-state index in [1.165, 1.54) is 0 Å². The Labute approximate surface area is 48.8 Å². The molecular formula is C5H5W. The molecule has 0 spiro atoms. The van der Waals surface area contributed by atoms with Crippen LogP contribution in [0.1, 0.15) is 0 Å². The first-order valence-corrected chi connectivity index (χ1v) is 3.60. The topological polar surface area (TPSA) is 0 Å². The Balaban J connectivity index is 2.60. The molecule has 0 saturated heterocycles. The molecule has 0 saturated carbocycles. The molecule has 1 aliphatic carbocycles. The van der Waals surface area contributed by atoms with Gasteiger partial charge in [-0.3, -0.25) is 0 Å². The summed E-state index contributed by atoms with van der Waals surface area (Å²) in [6.07, 6.45) is 8.60. The van der Waals surface area contributed by atoms with Crippen molar-refractivity contribution in [1.82, 2.24) is 0 Å². The van der Waals surface area contributed by atoms with Crippen molar-refractivity contribution in [2.75, 3.05) is 0 Å². The summed E-state index contributed by atoms with van der Waals surface area (Å²) in [5, 5.41) is 0. The van der Waals surface area contributed by atoms with Crippen molar-refractivity contribution in [3.05, 3.63) is 24.3 Å². The van der Waals surface area contributed by atoms with Crippen molar-refractivity contribution < 1.29 is 19.8 Å². The standard InChI is InChI=1S/C5H5.W/c1-2-4-5-3-1;/h1-5H;. The van der Waals surface area contributed by atoms with Crippen molar-refractivity contribution in [2.45, 2.75) is 4.31 Å². The van der Waals surface area contributed by atoms with Gasteiger partial charge in [-0.25, -0.2) is 0 Å². The number of allylic oxidation sites excluding steroid dienone is 4. The number of hydrogen-bond acceptors (Lipinski definition) is 0. The molecule has 0 atom stereocenters. The molecular weight excluding hydrogens is 244 g/mol. The Morgan fingerprint density at radius 1 is 1.17 bits per heavy atom. The van der Waals surface area contributed by atoms with E-state index in [0.29, 0.717) is 0 Å². The molecule has 1 aliphatic rings. The van der Waals surface area contributed by atoms with Crippen LogP contribution >= 0.6 is 0 Å². The van der Waals surface area contributed by atoms with Crippen molar-refractivity contribution >= 4 is 0 Å². The Bertz CT molecular complexity index is 80.1. The van der Waals surface area contributed by atoms with E-state index in [-0.39, 0.29) is 0 Å². The van der Waals surface area contributed by atoms with E-state index in [1.54, 1.807) is 19.8 Å². The molecule has 1 rings (SSSR count). The Morgan fingerprint density at radius 2 is 1.67 bits per heavy atom. The molecule has 0 radical (unpaired) electrons.